The second kappa shape index (κ2) is 5.53. The molecule has 0 aliphatic carbocycles. The quantitative estimate of drug-likeness (QED) is 0.532. The number of fused-ring (bicyclic) bond motifs is 1. The first-order chi connectivity index (χ1) is 11.0. The number of nitrogens with one attached hydrogen (secondary N) is 1. The maximum Gasteiger partial charge on any atom is 0.271 e. The predicted molar refractivity (Wildman–Crippen MR) is 83.3 cm³/mol. The summed E-state index contributed by atoms with van der Waals surface area (Å²) in [4.78, 5) is 35.9. The topological polar surface area (TPSA) is 92.6 Å². The molecule has 7 heteroatoms. The number of non-ortho nitro benzene ring substituents is 1. The number of nitrogens with zero attached hydrogens (tertiary/aromatic N) is 2. The van der Waals surface area contributed by atoms with Crippen LogP contribution in [-0.2, 0) is 0 Å². The van der Waals surface area contributed by atoms with E-state index in [0.717, 1.165) is 10.5 Å². The summed E-state index contributed by atoms with van der Waals surface area (Å²) in [7, 11) is 0. The van der Waals surface area contributed by atoms with E-state index >= 15 is 0 Å². The highest BCUT2D eigenvalue weighted by atomic mass is 16.6. The molecule has 1 aliphatic heterocycles. The molecule has 116 valence electrons. The van der Waals surface area contributed by atoms with Crippen molar-refractivity contribution >= 4 is 23.2 Å². The predicted octanol–water partition coefficient (Wildman–Crippen LogP) is 2.57. The smallest absolute Gasteiger partial charge is 0.271 e. The highest BCUT2D eigenvalue weighted by Crippen LogP contribution is 2.24. The fraction of sp³-hybridized carbons (Fsp3) is 0.125. The average molecular weight is 311 g/mol. The van der Waals surface area contributed by atoms with Gasteiger partial charge >= 0.3 is 0 Å². The first kappa shape index (κ1) is 14.7. The summed E-state index contributed by atoms with van der Waals surface area (Å²) < 4.78 is 0. The molecule has 0 bridgehead atoms. The number of carbonyl (C=O) groups is 2. The summed E-state index contributed by atoms with van der Waals surface area (Å²) in [6.07, 6.45) is 0. The van der Waals surface area contributed by atoms with Gasteiger partial charge in [0.05, 0.1) is 22.7 Å². The molecule has 0 unspecified atom stereocenters. The largest absolute Gasteiger partial charge is 0.367 e. The fourth-order valence-corrected chi connectivity index (χ4v) is 2.46. The van der Waals surface area contributed by atoms with Crippen molar-refractivity contribution in [3.8, 4) is 0 Å². The summed E-state index contributed by atoms with van der Waals surface area (Å²) in [5.74, 6) is -0.748. The van der Waals surface area contributed by atoms with Crippen LogP contribution in [0.5, 0.6) is 0 Å². The lowest BCUT2D eigenvalue weighted by atomic mass is 10.1. The van der Waals surface area contributed by atoms with Crippen molar-refractivity contribution in [1.82, 2.24) is 4.90 Å². The maximum absolute atomic E-state index is 12.2. The molecule has 0 radical (unpaired) electrons. The van der Waals surface area contributed by atoms with Gasteiger partial charge in [-0.3, -0.25) is 24.6 Å². The normalized spacial score (nSPS) is 13.2. The third kappa shape index (κ3) is 2.52. The summed E-state index contributed by atoms with van der Waals surface area (Å²) in [6, 6.07) is 11.0. The van der Waals surface area contributed by atoms with Crippen molar-refractivity contribution < 1.29 is 14.5 Å². The van der Waals surface area contributed by atoms with E-state index in [1.807, 2.05) is 0 Å². The number of aryl methyl sites for hydroxylation is 1. The van der Waals surface area contributed by atoms with Gasteiger partial charge in [0, 0.05) is 17.8 Å². The van der Waals surface area contributed by atoms with Gasteiger partial charge in [0.15, 0.2) is 0 Å². The molecule has 7 nitrogen and oxygen atoms in total. The highest BCUT2D eigenvalue weighted by Gasteiger charge is 2.34. The van der Waals surface area contributed by atoms with E-state index in [2.05, 4.69) is 5.32 Å². The second-order valence-electron chi connectivity index (χ2n) is 5.18. The molecule has 1 heterocycles. The Morgan fingerprint density at radius 2 is 1.70 bits per heavy atom. The maximum atomic E-state index is 12.2. The van der Waals surface area contributed by atoms with Crippen LogP contribution in [-0.4, -0.2) is 28.3 Å². The first-order valence-electron chi connectivity index (χ1n) is 6.93. The molecule has 0 aromatic heterocycles. The number of hydrogen-bond donors (Lipinski definition) is 1. The molecule has 1 aliphatic rings. The Kier molecular flexibility index (Phi) is 3.53. The van der Waals surface area contributed by atoms with Crippen LogP contribution in [0, 0.1) is 17.0 Å². The van der Waals surface area contributed by atoms with E-state index in [0.29, 0.717) is 16.8 Å². The lowest BCUT2D eigenvalue weighted by Gasteiger charge is -2.16. The monoisotopic (exact) mass is 311 g/mol. The van der Waals surface area contributed by atoms with Crippen LogP contribution in [0.15, 0.2) is 42.5 Å². The molecule has 1 N–H and O–H groups in total. The number of carbonyl (C=O) groups excluding carboxylic acids is 2. The standard InChI is InChI=1S/C16H13N3O4/c1-10-6-7-11(19(22)23)8-14(10)17-9-18-15(20)12-4-2-3-5-13(12)16(18)21/h2-8,17H,9H2,1H3. The summed E-state index contributed by atoms with van der Waals surface area (Å²) in [5, 5.41) is 13.8. The van der Waals surface area contributed by atoms with E-state index in [9.17, 15) is 19.7 Å². The number of benzene rings is 2. The molecule has 2 aromatic rings. The Balaban J connectivity index is 1.80. The summed E-state index contributed by atoms with van der Waals surface area (Å²) in [5.41, 5.74) is 1.98. The van der Waals surface area contributed by atoms with E-state index in [1.165, 1.54) is 12.1 Å². The molecule has 0 spiro atoms. The van der Waals surface area contributed by atoms with Gasteiger partial charge in [0.2, 0.25) is 0 Å². The van der Waals surface area contributed by atoms with Crippen molar-refractivity contribution in [1.29, 1.82) is 0 Å². The van der Waals surface area contributed by atoms with Crippen LogP contribution < -0.4 is 5.32 Å². The number of nitro groups is 1. The summed E-state index contributed by atoms with van der Waals surface area (Å²) in [6.45, 7) is 1.74. The van der Waals surface area contributed by atoms with Crippen LogP contribution in [0.2, 0.25) is 0 Å². The number of amides is 2. The fourth-order valence-electron chi connectivity index (χ4n) is 2.46. The van der Waals surface area contributed by atoms with Gasteiger partial charge in [0.25, 0.3) is 17.5 Å². The Morgan fingerprint density at radius 1 is 1.09 bits per heavy atom. The molecule has 2 aromatic carbocycles. The zero-order chi connectivity index (χ0) is 16.6. The zero-order valence-corrected chi connectivity index (χ0v) is 12.3. The number of nitro benzene ring substituents is 1. The summed E-state index contributed by atoms with van der Waals surface area (Å²) >= 11 is 0. The van der Waals surface area contributed by atoms with Crippen LogP contribution in [0.3, 0.4) is 0 Å². The first-order valence-corrected chi connectivity index (χ1v) is 6.93. The zero-order valence-electron chi connectivity index (χ0n) is 12.3. The second-order valence-corrected chi connectivity index (χ2v) is 5.18. The lowest BCUT2D eigenvalue weighted by molar-refractivity contribution is -0.384. The minimum Gasteiger partial charge on any atom is -0.367 e. The van der Waals surface area contributed by atoms with Crippen molar-refractivity contribution in [2.24, 2.45) is 0 Å². The van der Waals surface area contributed by atoms with E-state index < -0.39 is 4.92 Å². The van der Waals surface area contributed by atoms with Crippen molar-refractivity contribution in [3.05, 3.63) is 69.3 Å². The van der Waals surface area contributed by atoms with Gasteiger partial charge in [-0.05, 0) is 24.6 Å². The molecule has 0 atom stereocenters. The molecule has 3 rings (SSSR count). The van der Waals surface area contributed by atoms with Gasteiger partial charge in [-0.15, -0.1) is 0 Å². The minimum absolute atomic E-state index is 0.0473. The third-order valence-electron chi connectivity index (χ3n) is 3.74. The van der Waals surface area contributed by atoms with Crippen molar-refractivity contribution in [2.75, 3.05) is 12.0 Å². The molecule has 0 saturated carbocycles. The van der Waals surface area contributed by atoms with Gasteiger partial charge in [-0.2, -0.15) is 0 Å². The molecular weight excluding hydrogens is 298 g/mol. The Bertz CT molecular complexity index is 797. The molecule has 2 amide bonds. The van der Waals surface area contributed by atoms with E-state index in [-0.39, 0.29) is 24.2 Å². The van der Waals surface area contributed by atoms with Crippen molar-refractivity contribution in [3.63, 3.8) is 0 Å². The van der Waals surface area contributed by atoms with Crippen LogP contribution in [0.25, 0.3) is 0 Å². The van der Waals surface area contributed by atoms with Gasteiger partial charge < -0.3 is 5.32 Å². The van der Waals surface area contributed by atoms with Gasteiger partial charge in [-0.1, -0.05) is 18.2 Å². The molecule has 0 saturated heterocycles. The average Bonchev–Trinajstić information content (AvgIpc) is 2.78. The number of rotatable bonds is 4. The van der Waals surface area contributed by atoms with Gasteiger partial charge in [-0.25, -0.2) is 0 Å². The SMILES string of the molecule is Cc1ccc([N+](=O)[O-])cc1NCN1C(=O)c2ccccc2C1=O. The highest BCUT2D eigenvalue weighted by molar-refractivity contribution is 6.21. The minimum atomic E-state index is -0.493. The van der Waals surface area contributed by atoms with Crippen LogP contribution >= 0.6 is 0 Å². The van der Waals surface area contributed by atoms with E-state index in [4.69, 9.17) is 0 Å². The Hall–Kier alpha value is -3.22. The molecule has 0 fully saturated rings. The van der Waals surface area contributed by atoms with Crippen LogP contribution in [0.4, 0.5) is 11.4 Å². The van der Waals surface area contributed by atoms with E-state index in [1.54, 1.807) is 37.3 Å². The van der Waals surface area contributed by atoms with Crippen LogP contribution in [0.1, 0.15) is 26.3 Å². The Labute approximate surface area is 131 Å². The number of imide groups is 1. The number of anilines is 1. The third-order valence-corrected chi connectivity index (χ3v) is 3.74. The molecular formula is C16H13N3O4. The lowest BCUT2D eigenvalue weighted by Crippen LogP contribution is -2.34. The Morgan fingerprint density at radius 3 is 2.26 bits per heavy atom. The molecule has 23 heavy (non-hydrogen) atoms. The van der Waals surface area contributed by atoms with Crippen molar-refractivity contribution in [2.45, 2.75) is 6.92 Å². The number of hydrogen-bond acceptors (Lipinski definition) is 5. The van der Waals surface area contributed by atoms with Gasteiger partial charge in [0.1, 0.15) is 0 Å².